The molecule has 0 aliphatic rings. The van der Waals surface area contributed by atoms with Crippen LogP contribution in [0.3, 0.4) is 0 Å². The highest BCUT2D eigenvalue weighted by atomic mass is 79.9. The maximum Gasteiger partial charge on any atom is 0.125 e. The minimum atomic E-state index is -0.261. The summed E-state index contributed by atoms with van der Waals surface area (Å²) in [5.41, 5.74) is 7.44. The Bertz CT molecular complexity index is 525. The lowest BCUT2D eigenvalue weighted by atomic mass is 10.2. The SMILES string of the molecule is Cc1nc(-c2ccc(F)cc2Br)sc1CN. The van der Waals surface area contributed by atoms with Crippen LogP contribution in [-0.2, 0) is 6.54 Å². The number of aromatic nitrogens is 1. The summed E-state index contributed by atoms with van der Waals surface area (Å²) >= 11 is 4.88. The van der Waals surface area contributed by atoms with Crippen LogP contribution in [0, 0.1) is 12.7 Å². The number of thiazole rings is 1. The van der Waals surface area contributed by atoms with Gasteiger partial charge < -0.3 is 5.73 Å². The predicted molar refractivity (Wildman–Crippen MR) is 67.8 cm³/mol. The van der Waals surface area contributed by atoms with Crippen LogP contribution in [0.15, 0.2) is 22.7 Å². The van der Waals surface area contributed by atoms with E-state index in [0.717, 1.165) is 21.1 Å². The van der Waals surface area contributed by atoms with Gasteiger partial charge in [-0.1, -0.05) is 0 Å². The monoisotopic (exact) mass is 300 g/mol. The summed E-state index contributed by atoms with van der Waals surface area (Å²) in [5.74, 6) is -0.261. The van der Waals surface area contributed by atoms with Crippen LogP contribution in [0.1, 0.15) is 10.6 Å². The number of halogens is 2. The average Bonchev–Trinajstić information content (AvgIpc) is 2.59. The fourth-order valence-electron chi connectivity index (χ4n) is 1.40. The number of benzene rings is 1. The van der Waals surface area contributed by atoms with Crippen LogP contribution < -0.4 is 5.73 Å². The molecule has 1 aromatic heterocycles. The van der Waals surface area contributed by atoms with Gasteiger partial charge in [0.1, 0.15) is 10.8 Å². The summed E-state index contributed by atoms with van der Waals surface area (Å²) in [6.07, 6.45) is 0. The number of aryl methyl sites for hydroxylation is 1. The Hall–Kier alpha value is -0.780. The first kappa shape index (κ1) is 11.7. The molecule has 0 atom stereocenters. The lowest BCUT2D eigenvalue weighted by Gasteiger charge is -1.99. The van der Waals surface area contributed by atoms with E-state index in [4.69, 9.17) is 5.73 Å². The van der Waals surface area contributed by atoms with E-state index in [1.807, 2.05) is 6.92 Å². The molecule has 0 bridgehead atoms. The number of nitrogens with two attached hydrogens (primary N) is 1. The minimum absolute atomic E-state index is 0.261. The maximum atomic E-state index is 12.9. The molecule has 0 unspecified atom stereocenters. The van der Waals surface area contributed by atoms with Gasteiger partial charge in [-0.25, -0.2) is 9.37 Å². The number of nitrogens with zero attached hydrogens (tertiary/aromatic N) is 1. The predicted octanol–water partition coefficient (Wildman–Crippen LogP) is 3.48. The topological polar surface area (TPSA) is 38.9 Å². The lowest BCUT2D eigenvalue weighted by molar-refractivity contribution is 0.627. The molecule has 5 heteroatoms. The minimum Gasteiger partial charge on any atom is -0.326 e. The molecular weight excluding hydrogens is 291 g/mol. The van der Waals surface area contributed by atoms with Gasteiger partial charge in [0.15, 0.2) is 0 Å². The van der Waals surface area contributed by atoms with Crippen molar-refractivity contribution in [3.63, 3.8) is 0 Å². The van der Waals surface area contributed by atoms with Gasteiger partial charge in [0.25, 0.3) is 0 Å². The molecule has 2 N–H and O–H groups in total. The second-order valence-corrected chi connectivity index (χ2v) is 5.29. The average molecular weight is 301 g/mol. The first-order chi connectivity index (χ1) is 7.61. The Labute approximate surface area is 105 Å². The highest BCUT2D eigenvalue weighted by molar-refractivity contribution is 9.10. The van der Waals surface area contributed by atoms with Crippen molar-refractivity contribution in [1.29, 1.82) is 0 Å². The summed E-state index contributed by atoms with van der Waals surface area (Å²) in [7, 11) is 0. The highest BCUT2D eigenvalue weighted by Gasteiger charge is 2.11. The quantitative estimate of drug-likeness (QED) is 0.922. The molecule has 0 aliphatic carbocycles. The zero-order valence-electron chi connectivity index (χ0n) is 8.63. The molecule has 2 nitrogen and oxygen atoms in total. The van der Waals surface area contributed by atoms with E-state index in [9.17, 15) is 4.39 Å². The number of hydrogen-bond acceptors (Lipinski definition) is 3. The van der Waals surface area contributed by atoms with Crippen molar-refractivity contribution < 1.29 is 4.39 Å². The summed E-state index contributed by atoms with van der Waals surface area (Å²) in [5, 5.41) is 0.866. The van der Waals surface area contributed by atoms with Crippen LogP contribution in [-0.4, -0.2) is 4.98 Å². The van der Waals surface area contributed by atoms with Crippen molar-refractivity contribution in [2.45, 2.75) is 13.5 Å². The molecule has 1 heterocycles. The Morgan fingerprint density at radius 3 is 2.81 bits per heavy atom. The fraction of sp³-hybridized carbons (Fsp3) is 0.182. The first-order valence-corrected chi connectivity index (χ1v) is 6.34. The highest BCUT2D eigenvalue weighted by Crippen LogP contribution is 2.33. The van der Waals surface area contributed by atoms with E-state index < -0.39 is 0 Å². The van der Waals surface area contributed by atoms with E-state index in [1.54, 1.807) is 17.4 Å². The van der Waals surface area contributed by atoms with Crippen molar-refractivity contribution in [3.8, 4) is 10.6 Å². The van der Waals surface area contributed by atoms with Crippen LogP contribution >= 0.6 is 27.3 Å². The Morgan fingerprint density at radius 2 is 2.25 bits per heavy atom. The second kappa shape index (κ2) is 4.61. The van der Waals surface area contributed by atoms with Gasteiger partial charge in [0.2, 0.25) is 0 Å². The van der Waals surface area contributed by atoms with Crippen LogP contribution in [0.25, 0.3) is 10.6 Å². The fourth-order valence-corrected chi connectivity index (χ4v) is 3.05. The Balaban J connectivity index is 2.50. The zero-order valence-corrected chi connectivity index (χ0v) is 11.0. The smallest absolute Gasteiger partial charge is 0.125 e. The molecule has 0 saturated heterocycles. The molecule has 0 spiro atoms. The molecule has 0 amide bonds. The summed E-state index contributed by atoms with van der Waals surface area (Å²) in [4.78, 5) is 5.49. The van der Waals surface area contributed by atoms with E-state index in [1.165, 1.54) is 12.1 Å². The molecule has 0 radical (unpaired) electrons. The molecule has 84 valence electrons. The molecule has 0 fully saturated rings. The molecule has 0 aliphatic heterocycles. The molecular formula is C11H10BrFN2S. The van der Waals surface area contributed by atoms with Crippen molar-refractivity contribution in [1.82, 2.24) is 4.98 Å². The third-order valence-corrected chi connectivity index (χ3v) is 4.11. The van der Waals surface area contributed by atoms with Gasteiger partial charge >= 0.3 is 0 Å². The summed E-state index contributed by atoms with van der Waals surface area (Å²) < 4.78 is 13.7. The van der Waals surface area contributed by atoms with Crippen LogP contribution in [0.2, 0.25) is 0 Å². The standard InChI is InChI=1S/C11H10BrFN2S/c1-6-10(5-14)16-11(15-6)8-3-2-7(13)4-9(8)12/h2-4H,5,14H2,1H3. The van der Waals surface area contributed by atoms with E-state index in [-0.39, 0.29) is 5.82 Å². The molecule has 2 rings (SSSR count). The number of hydrogen-bond donors (Lipinski definition) is 1. The van der Waals surface area contributed by atoms with Crippen molar-refractivity contribution in [3.05, 3.63) is 39.1 Å². The Morgan fingerprint density at radius 1 is 1.50 bits per heavy atom. The van der Waals surface area contributed by atoms with Crippen LogP contribution in [0.5, 0.6) is 0 Å². The maximum absolute atomic E-state index is 12.9. The van der Waals surface area contributed by atoms with Gasteiger partial charge in [-0.05, 0) is 41.1 Å². The van der Waals surface area contributed by atoms with Crippen molar-refractivity contribution in [2.24, 2.45) is 5.73 Å². The molecule has 1 aromatic carbocycles. The molecule has 0 saturated carbocycles. The van der Waals surface area contributed by atoms with Crippen LogP contribution in [0.4, 0.5) is 4.39 Å². The number of rotatable bonds is 2. The normalized spacial score (nSPS) is 10.8. The van der Waals surface area contributed by atoms with Crippen molar-refractivity contribution in [2.75, 3.05) is 0 Å². The largest absolute Gasteiger partial charge is 0.326 e. The third kappa shape index (κ3) is 2.16. The zero-order chi connectivity index (χ0) is 11.7. The summed E-state index contributed by atoms with van der Waals surface area (Å²) in [6, 6.07) is 4.59. The van der Waals surface area contributed by atoms with Gasteiger partial charge in [-0.3, -0.25) is 0 Å². The first-order valence-electron chi connectivity index (χ1n) is 4.73. The van der Waals surface area contributed by atoms with Crippen molar-refractivity contribution >= 4 is 27.3 Å². The van der Waals surface area contributed by atoms with E-state index >= 15 is 0 Å². The molecule has 16 heavy (non-hydrogen) atoms. The van der Waals surface area contributed by atoms with Gasteiger partial charge in [0.05, 0.1) is 5.69 Å². The molecule has 2 aromatic rings. The van der Waals surface area contributed by atoms with E-state index in [2.05, 4.69) is 20.9 Å². The van der Waals surface area contributed by atoms with Gasteiger partial charge in [-0.15, -0.1) is 11.3 Å². The van der Waals surface area contributed by atoms with Gasteiger partial charge in [-0.2, -0.15) is 0 Å². The lowest BCUT2D eigenvalue weighted by Crippen LogP contribution is -1.94. The summed E-state index contributed by atoms with van der Waals surface area (Å²) in [6.45, 7) is 2.42. The second-order valence-electron chi connectivity index (χ2n) is 3.36. The Kier molecular flexibility index (Phi) is 3.37. The van der Waals surface area contributed by atoms with Gasteiger partial charge in [0, 0.05) is 21.5 Å². The third-order valence-electron chi connectivity index (χ3n) is 2.24. The van der Waals surface area contributed by atoms with E-state index in [0.29, 0.717) is 11.0 Å².